The van der Waals surface area contributed by atoms with Crippen molar-refractivity contribution in [3.63, 3.8) is 0 Å². The van der Waals surface area contributed by atoms with Crippen LogP contribution < -0.4 is 0 Å². The van der Waals surface area contributed by atoms with E-state index in [1.54, 1.807) is 0 Å². The summed E-state index contributed by atoms with van der Waals surface area (Å²) in [6.07, 6.45) is 6.06. The molecule has 0 saturated heterocycles. The van der Waals surface area contributed by atoms with E-state index in [2.05, 4.69) is 114 Å². The molecule has 7 rings (SSSR count). The second-order valence-corrected chi connectivity index (χ2v) is 9.61. The Morgan fingerprint density at radius 1 is 0.588 bits per heavy atom. The molecule has 0 atom stereocenters. The molecule has 0 saturated carbocycles. The van der Waals surface area contributed by atoms with E-state index < -0.39 is 0 Å². The maximum atomic E-state index is 6.06. The van der Waals surface area contributed by atoms with Crippen LogP contribution in [0.5, 0.6) is 0 Å². The van der Waals surface area contributed by atoms with Crippen molar-refractivity contribution in [2.45, 2.75) is 0 Å². The van der Waals surface area contributed by atoms with Crippen LogP contribution in [0.15, 0.2) is 109 Å². The van der Waals surface area contributed by atoms with Crippen LogP contribution in [0.2, 0.25) is 0 Å². The van der Waals surface area contributed by atoms with Gasteiger partial charge in [0.1, 0.15) is 0 Å². The van der Waals surface area contributed by atoms with E-state index in [9.17, 15) is 0 Å². The molecule has 0 N–H and O–H groups in total. The van der Waals surface area contributed by atoms with Gasteiger partial charge < -0.3 is 4.57 Å². The lowest BCUT2D eigenvalue weighted by Crippen LogP contribution is -1.99. The smallest absolute Gasteiger partial charge is 0.0553 e. The highest BCUT2D eigenvalue weighted by Gasteiger charge is 2.18. The molecule has 0 unspecified atom stereocenters. The first-order chi connectivity index (χ1) is 16.8. The van der Waals surface area contributed by atoms with Crippen molar-refractivity contribution in [1.82, 2.24) is 4.57 Å². The second kappa shape index (κ2) is 7.35. The van der Waals surface area contributed by atoms with Crippen molar-refractivity contribution in [2.75, 3.05) is 0 Å². The molecule has 0 fully saturated rings. The molecule has 0 aliphatic rings. The van der Waals surface area contributed by atoms with Crippen molar-refractivity contribution in [3.05, 3.63) is 115 Å². The van der Waals surface area contributed by atoms with Gasteiger partial charge in [0.2, 0.25) is 0 Å². The van der Waals surface area contributed by atoms with Crippen LogP contribution in [0.3, 0.4) is 0 Å². The Labute approximate surface area is 201 Å². The fraction of sp³-hybridized carbons (Fsp3) is 0. The maximum absolute atomic E-state index is 6.06. The quantitative estimate of drug-likeness (QED) is 0.232. The zero-order valence-electron chi connectivity index (χ0n) is 18.3. The van der Waals surface area contributed by atoms with Gasteiger partial charge in [-0.1, -0.05) is 72.7 Å². The largest absolute Gasteiger partial charge is 0.309 e. The summed E-state index contributed by atoms with van der Waals surface area (Å²) in [5.41, 5.74) is 6.60. The Hall–Kier alpha value is -4.32. The zero-order valence-corrected chi connectivity index (χ0v) is 19.1. The molecular formula is C32H19NS. The minimum atomic E-state index is 0.901. The molecule has 2 aromatic heterocycles. The molecular weight excluding hydrogens is 430 g/mol. The molecule has 2 heteroatoms. The Kier molecular flexibility index (Phi) is 4.15. The number of fused-ring (bicyclic) bond motifs is 6. The van der Waals surface area contributed by atoms with E-state index in [-0.39, 0.29) is 0 Å². The van der Waals surface area contributed by atoms with Gasteiger partial charge in [-0.25, -0.2) is 0 Å². The Balaban J connectivity index is 1.60. The molecule has 0 aliphatic carbocycles. The maximum Gasteiger partial charge on any atom is 0.0553 e. The molecule has 0 aliphatic heterocycles. The van der Waals surface area contributed by atoms with Crippen LogP contribution >= 0.6 is 11.3 Å². The number of aromatic nitrogens is 1. The van der Waals surface area contributed by atoms with Gasteiger partial charge in [-0.3, -0.25) is 0 Å². The van der Waals surface area contributed by atoms with Crippen LogP contribution in [-0.2, 0) is 0 Å². The van der Waals surface area contributed by atoms with Crippen molar-refractivity contribution in [1.29, 1.82) is 0 Å². The summed E-state index contributed by atoms with van der Waals surface area (Å²) >= 11 is 1.84. The van der Waals surface area contributed by atoms with Gasteiger partial charge in [0, 0.05) is 42.1 Å². The Morgan fingerprint density at radius 2 is 1.24 bits per heavy atom. The number of hydrogen-bond donors (Lipinski definition) is 0. The lowest BCUT2D eigenvalue weighted by molar-refractivity contribution is 1.18. The van der Waals surface area contributed by atoms with Crippen molar-refractivity contribution in [3.8, 4) is 29.2 Å². The number of benzene rings is 5. The summed E-state index contributed by atoms with van der Waals surface area (Å²) in [4.78, 5) is 0. The highest BCUT2D eigenvalue weighted by molar-refractivity contribution is 7.25. The van der Waals surface area contributed by atoms with Gasteiger partial charge in [-0.15, -0.1) is 17.8 Å². The SMILES string of the molecule is C#Cc1cccc(-n2c3ccccc3c3ccccc32)c1-c1ccc2sc3ccccc3c2c1. The number of thiophene rings is 1. The average molecular weight is 450 g/mol. The normalized spacial score (nSPS) is 11.5. The first-order valence-corrected chi connectivity index (χ1v) is 12.1. The molecule has 34 heavy (non-hydrogen) atoms. The van der Waals surface area contributed by atoms with Crippen molar-refractivity contribution < 1.29 is 0 Å². The fourth-order valence-corrected chi connectivity index (χ4v) is 6.30. The van der Waals surface area contributed by atoms with Gasteiger partial charge in [-0.2, -0.15) is 0 Å². The van der Waals surface area contributed by atoms with Crippen LogP contribution in [0.4, 0.5) is 0 Å². The van der Waals surface area contributed by atoms with E-state index in [1.165, 1.54) is 42.0 Å². The fourth-order valence-electron chi connectivity index (χ4n) is 5.21. The number of nitrogens with zero attached hydrogens (tertiary/aromatic N) is 1. The third kappa shape index (κ3) is 2.68. The number of terminal acetylenes is 1. The monoisotopic (exact) mass is 449 g/mol. The third-order valence-corrected chi connectivity index (χ3v) is 7.84. The molecule has 7 aromatic rings. The molecule has 5 aromatic carbocycles. The Morgan fingerprint density at radius 3 is 1.97 bits per heavy atom. The highest BCUT2D eigenvalue weighted by atomic mass is 32.1. The second-order valence-electron chi connectivity index (χ2n) is 8.52. The summed E-state index contributed by atoms with van der Waals surface area (Å²) < 4.78 is 4.96. The van der Waals surface area contributed by atoms with Gasteiger partial charge >= 0.3 is 0 Å². The predicted octanol–water partition coefficient (Wildman–Crippen LogP) is 8.80. The van der Waals surface area contributed by atoms with E-state index in [4.69, 9.17) is 6.42 Å². The topological polar surface area (TPSA) is 4.93 Å². The summed E-state index contributed by atoms with van der Waals surface area (Å²) in [6.45, 7) is 0. The lowest BCUT2D eigenvalue weighted by atomic mass is 9.96. The molecule has 158 valence electrons. The van der Waals surface area contributed by atoms with Crippen molar-refractivity contribution >= 4 is 53.3 Å². The summed E-state index contributed by atoms with van der Waals surface area (Å²) in [7, 11) is 0. The first kappa shape index (κ1) is 19.2. The predicted molar refractivity (Wildman–Crippen MR) is 147 cm³/mol. The van der Waals surface area contributed by atoms with E-state index in [0.29, 0.717) is 0 Å². The van der Waals surface area contributed by atoms with Gasteiger partial charge in [-0.05, 0) is 48.0 Å². The van der Waals surface area contributed by atoms with Crippen LogP contribution in [0.25, 0.3) is 58.8 Å². The zero-order chi connectivity index (χ0) is 22.6. The molecule has 0 bridgehead atoms. The minimum absolute atomic E-state index is 0.901. The standard InChI is InChI=1S/C32H19NS/c1-2-21-10-9-16-29(33-27-14-6-3-11-23(27)24-12-4-7-15-28(24)33)32(21)22-18-19-31-26(20-22)25-13-5-8-17-30(25)34-31/h1,3-20H. The Bertz CT molecular complexity index is 1870. The molecule has 2 heterocycles. The van der Waals surface area contributed by atoms with E-state index >= 15 is 0 Å². The van der Waals surface area contributed by atoms with Gasteiger partial charge in [0.15, 0.2) is 0 Å². The van der Waals surface area contributed by atoms with E-state index in [0.717, 1.165) is 22.4 Å². The summed E-state index contributed by atoms with van der Waals surface area (Å²) in [6, 6.07) is 38.9. The number of rotatable bonds is 2. The molecule has 0 spiro atoms. The average Bonchev–Trinajstić information content (AvgIpc) is 3.43. The van der Waals surface area contributed by atoms with Gasteiger partial charge in [0.05, 0.1) is 16.7 Å². The number of hydrogen-bond acceptors (Lipinski definition) is 1. The lowest BCUT2D eigenvalue weighted by Gasteiger charge is -2.16. The van der Waals surface area contributed by atoms with Crippen LogP contribution in [-0.4, -0.2) is 4.57 Å². The highest BCUT2D eigenvalue weighted by Crippen LogP contribution is 2.40. The van der Waals surface area contributed by atoms with Crippen LogP contribution in [0.1, 0.15) is 5.56 Å². The number of para-hydroxylation sites is 2. The first-order valence-electron chi connectivity index (χ1n) is 11.3. The van der Waals surface area contributed by atoms with Gasteiger partial charge in [0.25, 0.3) is 0 Å². The summed E-state index contributed by atoms with van der Waals surface area (Å²) in [5.74, 6) is 2.96. The minimum Gasteiger partial charge on any atom is -0.309 e. The van der Waals surface area contributed by atoms with Crippen molar-refractivity contribution in [2.24, 2.45) is 0 Å². The molecule has 0 amide bonds. The van der Waals surface area contributed by atoms with Crippen LogP contribution in [0, 0.1) is 12.3 Å². The summed E-state index contributed by atoms with van der Waals surface area (Å²) in [5, 5.41) is 5.06. The third-order valence-electron chi connectivity index (χ3n) is 6.68. The van der Waals surface area contributed by atoms with E-state index in [1.807, 2.05) is 17.4 Å². The molecule has 0 radical (unpaired) electrons. The molecule has 1 nitrogen and oxygen atoms in total.